The van der Waals surface area contributed by atoms with E-state index in [0.29, 0.717) is 11.3 Å². The fraction of sp³-hybridized carbons (Fsp3) is 0.476. The minimum atomic E-state index is -0.153. The van der Waals surface area contributed by atoms with Gasteiger partial charge in [-0.25, -0.2) is 0 Å². The monoisotopic (exact) mass is 397 g/mol. The van der Waals surface area contributed by atoms with Crippen molar-refractivity contribution in [3.63, 3.8) is 0 Å². The average Bonchev–Trinajstić information content (AvgIpc) is 3.09. The molecule has 0 radical (unpaired) electrons. The quantitative estimate of drug-likeness (QED) is 0.688. The van der Waals surface area contributed by atoms with Crippen LogP contribution in [0.3, 0.4) is 0 Å². The zero-order chi connectivity index (χ0) is 19.9. The molecule has 3 rings (SSSR count). The summed E-state index contributed by atoms with van der Waals surface area (Å²) in [6, 6.07) is 10.5. The van der Waals surface area contributed by atoms with Crippen LogP contribution in [-0.2, 0) is 4.79 Å². The lowest BCUT2D eigenvalue weighted by atomic mass is 10.2. The van der Waals surface area contributed by atoms with E-state index in [1.54, 1.807) is 0 Å². The number of nitriles is 1. The van der Waals surface area contributed by atoms with Crippen LogP contribution < -0.4 is 4.90 Å². The molecule has 1 aromatic rings. The summed E-state index contributed by atoms with van der Waals surface area (Å²) in [5.74, 6) is -0.153. The zero-order valence-corrected chi connectivity index (χ0v) is 17.4. The molecule has 0 atom stereocenters. The Bertz CT molecular complexity index is 784. The molecule has 1 fully saturated rings. The highest BCUT2D eigenvalue weighted by Gasteiger charge is 2.28. The van der Waals surface area contributed by atoms with Crippen LogP contribution in [0, 0.1) is 11.3 Å². The molecule has 0 saturated carbocycles. The molecule has 2 heterocycles. The second kappa shape index (κ2) is 9.76. The minimum Gasteiger partial charge on any atom is -0.372 e. The van der Waals surface area contributed by atoms with Gasteiger partial charge in [-0.15, -0.1) is 0 Å². The Morgan fingerprint density at radius 1 is 1.18 bits per heavy atom. The van der Waals surface area contributed by atoms with Gasteiger partial charge in [0, 0.05) is 57.9 Å². The molecule has 148 valence electrons. The highest BCUT2D eigenvalue weighted by molar-refractivity contribution is 8.18. The summed E-state index contributed by atoms with van der Waals surface area (Å²) in [5, 5.41) is 9.51. The molecule has 0 aliphatic carbocycles. The van der Waals surface area contributed by atoms with Crippen molar-refractivity contribution in [2.75, 3.05) is 50.7 Å². The van der Waals surface area contributed by atoms with E-state index in [4.69, 9.17) is 5.26 Å². The highest BCUT2D eigenvalue weighted by atomic mass is 32.2. The van der Waals surface area contributed by atoms with Crippen molar-refractivity contribution in [2.24, 2.45) is 4.99 Å². The molecule has 0 spiro atoms. The number of benzene rings is 1. The van der Waals surface area contributed by atoms with Gasteiger partial charge in [0.1, 0.15) is 0 Å². The molecule has 1 saturated heterocycles. The summed E-state index contributed by atoms with van der Waals surface area (Å²) in [6.45, 7) is 10.6. The number of amides is 1. The maximum Gasteiger partial charge on any atom is 0.286 e. The maximum absolute atomic E-state index is 12.3. The predicted molar refractivity (Wildman–Crippen MR) is 116 cm³/mol. The second-order valence-electron chi connectivity index (χ2n) is 6.81. The smallest absolute Gasteiger partial charge is 0.286 e. The molecule has 1 aromatic carbocycles. The van der Waals surface area contributed by atoms with Crippen molar-refractivity contribution in [1.82, 2.24) is 9.80 Å². The van der Waals surface area contributed by atoms with Crippen molar-refractivity contribution in [3.8, 4) is 6.07 Å². The maximum atomic E-state index is 12.3. The van der Waals surface area contributed by atoms with Gasteiger partial charge in [0.2, 0.25) is 0 Å². The fourth-order valence-corrected chi connectivity index (χ4v) is 4.39. The molecule has 28 heavy (non-hydrogen) atoms. The minimum absolute atomic E-state index is 0.153. The summed E-state index contributed by atoms with van der Waals surface area (Å²) in [7, 11) is 0. The summed E-state index contributed by atoms with van der Waals surface area (Å²) in [4.78, 5) is 24.1. The van der Waals surface area contributed by atoms with Crippen LogP contribution in [0.4, 0.5) is 5.69 Å². The third kappa shape index (κ3) is 4.94. The predicted octanol–water partition coefficient (Wildman–Crippen LogP) is 3.03. The first-order valence-electron chi connectivity index (χ1n) is 9.86. The molecule has 6 nitrogen and oxygen atoms in total. The van der Waals surface area contributed by atoms with E-state index in [1.807, 2.05) is 6.08 Å². The molecule has 0 bridgehead atoms. The van der Waals surface area contributed by atoms with E-state index in [0.717, 1.165) is 56.5 Å². The summed E-state index contributed by atoms with van der Waals surface area (Å²) < 4.78 is 0. The Kier molecular flexibility index (Phi) is 7.12. The van der Waals surface area contributed by atoms with E-state index in [9.17, 15) is 4.79 Å². The SMILES string of the molecule is CCN(CC)c1ccc(/C=C2/SC(N3CCN(CCC#N)CC3)=NC2=O)cc1. The standard InChI is InChI=1S/C21H27N5OS/c1-3-25(4-2)18-8-6-17(7-9-18)16-19-20(27)23-21(28-19)26-14-12-24(13-15-26)11-5-10-22/h6-9,16H,3-5,11-15H2,1-2H3/b19-16+. The number of hydrogen-bond acceptors (Lipinski definition) is 6. The van der Waals surface area contributed by atoms with Crippen molar-refractivity contribution in [2.45, 2.75) is 20.3 Å². The van der Waals surface area contributed by atoms with Gasteiger partial charge in [0.15, 0.2) is 5.17 Å². The van der Waals surface area contributed by atoms with E-state index < -0.39 is 0 Å². The van der Waals surface area contributed by atoms with Crippen molar-refractivity contribution < 1.29 is 4.79 Å². The largest absolute Gasteiger partial charge is 0.372 e. The molecule has 0 unspecified atom stereocenters. The first-order valence-corrected chi connectivity index (χ1v) is 10.7. The normalized spacial score (nSPS) is 19.0. The van der Waals surface area contributed by atoms with Gasteiger partial charge in [-0.2, -0.15) is 10.3 Å². The molecule has 2 aliphatic heterocycles. The highest BCUT2D eigenvalue weighted by Crippen LogP contribution is 2.31. The van der Waals surface area contributed by atoms with Crippen LogP contribution >= 0.6 is 11.8 Å². The van der Waals surface area contributed by atoms with Crippen LogP contribution in [0.25, 0.3) is 6.08 Å². The van der Waals surface area contributed by atoms with Crippen molar-refractivity contribution >= 4 is 34.6 Å². The number of rotatable bonds is 6. The Morgan fingerprint density at radius 3 is 2.46 bits per heavy atom. The first kappa shape index (κ1) is 20.4. The Morgan fingerprint density at radius 2 is 1.86 bits per heavy atom. The lowest BCUT2D eigenvalue weighted by Gasteiger charge is -2.34. The lowest BCUT2D eigenvalue weighted by molar-refractivity contribution is -0.113. The van der Waals surface area contributed by atoms with Gasteiger partial charge in [-0.3, -0.25) is 9.69 Å². The lowest BCUT2D eigenvalue weighted by Crippen LogP contribution is -2.47. The second-order valence-corrected chi connectivity index (χ2v) is 7.82. The number of carbonyl (C=O) groups excluding carboxylic acids is 1. The van der Waals surface area contributed by atoms with Gasteiger partial charge >= 0.3 is 0 Å². The topological polar surface area (TPSA) is 62.9 Å². The van der Waals surface area contributed by atoms with E-state index in [1.165, 1.54) is 17.4 Å². The number of carbonyl (C=O) groups is 1. The average molecular weight is 398 g/mol. The number of piperazine rings is 1. The van der Waals surface area contributed by atoms with Gasteiger partial charge in [0.25, 0.3) is 5.91 Å². The molecule has 0 N–H and O–H groups in total. The number of aliphatic imine (C=N–C) groups is 1. The first-order chi connectivity index (χ1) is 13.6. The van der Waals surface area contributed by atoms with Crippen molar-refractivity contribution in [3.05, 3.63) is 34.7 Å². The van der Waals surface area contributed by atoms with Gasteiger partial charge in [-0.1, -0.05) is 12.1 Å². The van der Waals surface area contributed by atoms with Gasteiger partial charge in [-0.05, 0) is 49.4 Å². The Hall–Kier alpha value is -2.30. The Labute approximate surface area is 171 Å². The van der Waals surface area contributed by atoms with E-state index in [-0.39, 0.29) is 5.91 Å². The summed E-state index contributed by atoms with van der Waals surface area (Å²) >= 11 is 1.46. The number of nitrogens with zero attached hydrogens (tertiary/aromatic N) is 5. The van der Waals surface area contributed by atoms with Crippen LogP contribution in [0.2, 0.25) is 0 Å². The van der Waals surface area contributed by atoms with Crippen LogP contribution in [0.5, 0.6) is 0 Å². The molecule has 1 amide bonds. The fourth-order valence-electron chi connectivity index (χ4n) is 3.43. The van der Waals surface area contributed by atoms with E-state index >= 15 is 0 Å². The van der Waals surface area contributed by atoms with Crippen LogP contribution in [0.15, 0.2) is 34.2 Å². The summed E-state index contributed by atoms with van der Waals surface area (Å²) in [6.07, 6.45) is 2.49. The Balaban J connectivity index is 1.59. The molecular weight excluding hydrogens is 370 g/mol. The number of anilines is 1. The van der Waals surface area contributed by atoms with E-state index in [2.05, 4.69) is 63.9 Å². The van der Waals surface area contributed by atoms with Gasteiger partial charge in [0.05, 0.1) is 11.0 Å². The van der Waals surface area contributed by atoms with Crippen LogP contribution in [0.1, 0.15) is 25.8 Å². The van der Waals surface area contributed by atoms with Crippen molar-refractivity contribution in [1.29, 1.82) is 5.26 Å². The number of thioether (sulfide) groups is 1. The molecular formula is C21H27N5OS. The third-order valence-corrected chi connectivity index (χ3v) is 6.16. The number of hydrogen-bond donors (Lipinski definition) is 0. The summed E-state index contributed by atoms with van der Waals surface area (Å²) in [5.41, 5.74) is 2.22. The van der Waals surface area contributed by atoms with Crippen LogP contribution in [-0.4, -0.2) is 66.7 Å². The zero-order valence-electron chi connectivity index (χ0n) is 16.6. The number of amidine groups is 1. The third-order valence-electron chi connectivity index (χ3n) is 5.11. The molecule has 2 aliphatic rings. The van der Waals surface area contributed by atoms with Gasteiger partial charge < -0.3 is 9.80 Å². The molecule has 7 heteroatoms. The molecule has 0 aromatic heterocycles.